The molecule has 6 nitrogen and oxygen atoms in total. The van der Waals surface area contributed by atoms with Crippen LogP contribution in [0.5, 0.6) is 0 Å². The summed E-state index contributed by atoms with van der Waals surface area (Å²) in [5.74, 6) is -0.0401. The third kappa shape index (κ3) is 6.26. The lowest BCUT2D eigenvalue weighted by atomic mass is 10.3. The van der Waals surface area contributed by atoms with Crippen molar-refractivity contribution < 1.29 is 14.0 Å². The Balaban J connectivity index is 0.00000324. The van der Waals surface area contributed by atoms with Crippen LogP contribution < -0.4 is 10.6 Å². The Morgan fingerprint density at radius 3 is 2.68 bits per heavy atom. The van der Waals surface area contributed by atoms with Crippen molar-refractivity contribution >= 4 is 24.2 Å². The number of carbonyl (C=O) groups excluding carboxylic acids is 2. The van der Waals surface area contributed by atoms with E-state index in [-0.39, 0.29) is 36.4 Å². The molecule has 0 aliphatic heterocycles. The lowest BCUT2D eigenvalue weighted by Gasteiger charge is -2.16. The molecule has 1 aromatic heterocycles. The molecule has 0 saturated heterocycles. The zero-order valence-electron chi connectivity index (χ0n) is 11.1. The van der Waals surface area contributed by atoms with E-state index in [2.05, 4.69) is 10.6 Å². The van der Waals surface area contributed by atoms with Gasteiger partial charge in [-0.15, -0.1) is 12.4 Å². The number of hydrogen-bond donors (Lipinski definition) is 2. The lowest BCUT2D eigenvalue weighted by molar-refractivity contribution is -0.129. The number of furan rings is 1. The quantitative estimate of drug-likeness (QED) is 0.766. The van der Waals surface area contributed by atoms with Crippen LogP contribution in [0.2, 0.25) is 0 Å². The molecule has 0 bridgehead atoms. The lowest BCUT2D eigenvalue weighted by Crippen LogP contribution is -2.35. The molecular weight excluding hydrogens is 270 g/mol. The normalized spacial score (nSPS) is 9.58. The predicted octanol–water partition coefficient (Wildman–Crippen LogP) is 0.499. The standard InChI is InChI=1S/C12H19N3O3.ClH/c1-13-7-8-15(2)11(16)5-6-14-12(17)10-4-3-9-18-10;/h3-4,9,13H,5-8H2,1-2H3,(H,14,17);1H. The van der Waals surface area contributed by atoms with Gasteiger partial charge < -0.3 is 20.0 Å². The van der Waals surface area contributed by atoms with Gasteiger partial charge in [0.25, 0.3) is 5.91 Å². The van der Waals surface area contributed by atoms with Gasteiger partial charge in [0.05, 0.1) is 6.26 Å². The Morgan fingerprint density at radius 1 is 1.37 bits per heavy atom. The van der Waals surface area contributed by atoms with Crippen molar-refractivity contribution in [2.75, 3.05) is 33.7 Å². The van der Waals surface area contributed by atoms with E-state index in [0.717, 1.165) is 6.54 Å². The smallest absolute Gasteiger partial charge is 0.286 e. The van der Waals surface area contributed by atoms with Gasteiger partial charge >= 0.3 is 0 Å². The summed E-state index contributed by atoms with van der Waals surface area (Å²) in [6.45, 7) is 1.71. The summed E-state index contributed by atoms with van der Waals surface area (Å²) in [6.07, 6.45) is 1.72. The molecule has 0 aliphatic rings. The van der Waals surface area contributed by atoms with E-state index in [4.69, 9.17) is 4.42 Å². The second-order valence-corrected chi connectivity index (χ2v) is 3.90. The number of amides is 2. The van der Waals surface area contributed by atoms with Crippen LogP contribution in [0.4, 0.5) is 0 Å². The molecule has 0 unspecified atom stereocenters. The minimum atomic E-state index is -0.300. The van der Waals surface area contributed by atoms with Gasteiger partial charge in [-0.3, -0.25) is 9.59 Å². The van der Waals surface area contributed by atoms with Gasteiger partial charge in [0.15, 0.2) is 5.76 Å². The van der Waals surface area contributed by atoms with E-state index < -0.39 is 0 Å². The van der Waals surface area contributed by atoms with E-state index in [1.54, 1.807) is 24.1 Å². The Morgan fingerprint density at radius 2 is 2.11 bits per heavy atom. The van der Waals surface area contributed by atoms with E-state index in [1.807, 2.05) is 7.05 Å². The molecule has 1 heterocycles. The summed E-state index contributed by atoms with van der Waals surface area (Å²) in [7, 11) is 3.58. The Labute approximate surface area is 118 Å². The number of hydrogen-bond acceptors (Lipinski definition) is 4. The molecule has 2 N–H and O–H groups in total. The molecule has 7 heteroatoms. The first kappa shape index (κ1) is 17.5. The maximum absolute atomic E-state index is 11.6. The van der Waals surface area contributed by atoms with Crippen LogP contribution in [0, 0.1) is 0 Å². The molecule has 108 valence electrons. The monoisotopic (exact) mass is 289 g/mol. The number of carbonyl (C=O) groups is 2. The highest BCUT2D eigenvalue weighted by Gasteiger charge is 2.10. The van der Waals surface area contributed by atoms with Crippen molar-refractivity contribution in [3.63, 3.8) is 0 Å². The molecule has 0 radical (unpaired) electrons. The summed E-state index contributed by atoms with van der Waals surface area (Å²) in [6, 6.07) is 3.22. The first-order chi connectivity index (χ1) is 8.65. The first-order valence-electron chi connectivity index (χ1n) is 5.85. The zero-order valence-corrected chi connectivity index (χ0v) is 12.0. The first-order valence-corrected chi connectivity index (χ1v) is 5.85. The highest BCUT2D eigenvalue weighted by atomic mass is 35.5. The predicted molar refractivity (Wildman–Crippen MR) is 74.5 cm³/mol. The van der Waals surface area contributed by atoms with Crippen LogP contribution in [-0.2, 0) is 4.79 Å². The summed E-state index contributed by atoms with van der Waals surface area (Å²) in [5, 5.41) is 5.60. The Kier molecular flexibility index (Phi) is 8.65. The van der Waals surface area contributed by atoms with Crippen molar-refractivity contribution in [1.82, 2.24) is 15.5 Å². The molecule has 0 aromatic carbocycles. The number of rotatable bonds is 7. The van der Waals surface area contributed by atoms with E-state index >= 15 is 0 Å². The summed E-state index contributed by atoms with van der Waals surface area (Å²) in [4.78, 5) is 24.8. The number of likely N-dealkylation sites (N-methyl/N-ethyl adjacent to an activating group) is 2. The van der Waals surface area contributed by atoms with Gasteiger partial charge in [-0.05, 0) is 19.2 Å². The topological polar surface area (TPSA) is 74.6 Å². The third-order valence-electron chi connectivity index (χ3n) is 2.49. The van der Waals surface area contributed by atoms with Gasteiger partial charge in [-0.1, -0.05) is 0 Å². The average molecular weight is 290 g/mol. The highest BCUT2D eigenvalue weighted by molar-refractivity contribution is 5.91. The van der Waals surface area contributed by atoms with Crippen molar-refractivity contribution in [2.45, 2.75) is 6.42 Å². The van der Waals surface area contributed by atoms with Crippen LogP contribution >= 0.6 is 12.4 Å². The van der Waals surface area contributed by atoms with Gasteiger partial charge in [-0.2, -0.15) is 0 Å². The third-order valence-corrected chi connectivity index (χ3v) is 2.49. The van der Waals surface area contributed by atoms with Crippen molar-refractivity contribution in [1.29, 1.82) is 0 Å². The molecule has 0 aliphatic carbocycles. The van der Waals surface area contributed by atoms with Crippen molar-refractivity contribution in [2.24, 2.45) is 0 Å². The molecule has 19 heavy (non-hydrogen) atoms. The molecule has 0 saturated carbocycles. The second-order valence-electron chi connectivity index (χ2n) is 3.90. The van der Waals surface area contributed by atoms with Crippen LogP contribution in [0.1, 0.15) is 17.0 Å². The Hall–Kier alpha value is -1.53. The van der Waals surface area contributed by atoms with E-state index in [9.17, 15) is 9.59 Å². The minimum Gasteiger partial charge on any atom is -0.459 e. The van der Waals surface area contributed by atoms with Crippen LogP contribution in [0.15, 0.2) is 22.8 Å². The van der Waals surface area contributed by atoms with Crippen LogP contribution in [-0.4, -0.2) is 50.4 Å². The molecule has 0 spiro atoms. The average Bonchev–Trinajstić information content (AvgIpc) is 2.89. The molecule has 1 aromatic rings. The van der Waals surface area contributed by atoms with Gasteiger partial charge in [0, 0.05) is 33.1 Å². The molecule has 1 rings (SSSR count). The number of nitrogens with one attached hydrogen (secondary N) is 2. The summed E-state index contributed by atoms with van der Waals surface area (Å²) in [5.41, 5.74) is 0. The van der Waals surface area contributed by atoms with Crippen molar-refractivity contribution in [3.8, 4) is 0 Å². The van der Waals surface area contributed by atoms with Crippen molar-refractivity contribution in [3.05, 3.63) is 24.2 Å². The van der Waals surface area contributed by atoms with Crippen LogP contribution in [0.25, 0.3) is 0 Å². The number of halogens is 1. The maximum atomic E-state index is 11.6. The maximum Gasteiger partial charge on any atom is 0.286 e. The molecular formula is C12H20ClN3O3. The van der Waals surface area contributed by atoms with Crippen LogP contribution in [0.3, 0.4) is 0 Å². The molecule has 0 fully saturated rings. The zero-order chi connectivity index (χ0) is 13.4. The van der Waals surface area contributed by atoms with E-state index in [0.29, 0.717) is 13.1 Å². The fourth-order valence-corrected chi connectivity index (χ4v) is 1.37. The fraction of sp³-hybridized carbons (Fsp3) is 0.500. The molecule has 0 atom stereocenters. The van der Waals surface area contributed by atoms with E-state index in [1.165, 1.54) is 6.26 Å². The summed E-state index contributed by atoms with van der Waals surface area (Å²) >= 11 is 0. The Bertz CT molecular complexity index is 382. The summed E-state index contributed by atoms with van der Waals surface area (Å²) < 4.78 is 4.94. The highest BCUT2D eigenvalue weighted by Crippen LogP contribution is 1.99. The minimum absolute atomic E-state index is 0. The largest absolute Gasteiger partial charge is 0.459 e. The fourth-order valence-electron chi connectivity index (χ4n) is 1.37. The number of nitrogens with zero attached hydrogens (tertiary/aromatic N) is 1. The second kappa shape index (κ2) is 9.41. The van der Waals surface area contributed by atoms with Gasteiger partial charge in [0.1, 0.15) is 0 Å². The van der Waals surface area contributed by atoms with Gasteiger partial charge in [-0.25, -0.2) is 0 Å². The molecule has 2 amide bonds. The SMILES string of the molecule is CNCCN(C)C(=O)CCNC(=O)c1ccco1.Cl. The van der Waals surface area contributed by atoms with Gasteiger partial charge in [0.2, 0.25) is 5.91 Å².